The molecule has 0 aliphatic rings. The van der Waals surface area contributed by atoms with Gasteiger partial charge in [-0.1, -0.05) is 0 Å². The van der Waals surface area contributed by atoms with Crippen molar-refractivity contribution in [2.75, 3.05) is 5.32 Å². The van der Waals surface area contributed by atoms with E-state index in [-0.39, 0.29) is 17.7 Å². The number of carbonyl (C=O) groups excluding carboxylic acids is 1. The van der Waals surface area contributed by atoms with Crippen LogP contribution in [0.4, 0.5) is 19.3 Å². The van der Waals surface area contributed by atoms with Crippen LogP contribution in [0.5, 0.6) is 5.75 Å². The smallest absolute Gasteiger partial charge is 0.412 e. The summed E-state index contributed by atoms with van der Waals surface area (Å²) in [6, 6.07) is 2.76. The topological polar surface area (TPSA) is 84.6 Å². The van der Waals surface area contributed by atoms with Gasteiger partial charge in [-0.3, -0.25) is 5.32 Å². The van der Waals surface area contributed by atoms with Gasteiger partial charge in [0.2, 0.25) is 0 Å². The number of phenolic OH excluding ortho intramolecular Hbond substituents is 1. The number of halogens is 2. The molecule has 1 aromatic rings. The van der Waals surface area contributed by atoms with Crippen molar-refractivity contribution in [1.29, 1.82) is 0 Å². The molecule has 0 saturated carbocycles. The Morgan fingerprint density at radius 3 is 2.57 bits per heavy atom. The van der Waals surface area contributed by atoms with E-state index in [1.54, 1.807) is 20.8 Å². The van der Waals surface area contributed by atoms with E-state index >= 15 is 0 Å². The largest absolute Gasteiger partial charge is 0.508 e. The van der Waals surface area contributed by atoms with Gasteiger partial charge in [0.25, 0.3) is 6.43 Å². The van der Waals surface area contributed by atoms with Gasteiger partial charge in [0.15, 0.2) is 0 Å². The average Bonchev–Trinajstić information content (AvgIpc) is 2.30. The number of benzene rings is 1. The van der Waals surface area contributed by atoms with Crippen LogP contribution in [0.1, 0.15) is 26.3 Å². The Bertz CT molecular complexity index is 501. The van der Waals surface area contributed by atoms with Crippen LogP contribution in [0, 0.1) is 0 Å². The molecule has 1 amide bonds. The van der Waals surface area contributed by atoms with Crippen LogP contribution in [-0.4, -0.2) is 29.3 Å². The zero-order valence-corrected chi connectivity index (χ0v) is 12.2. The third-order valence-electron chi connectivity index (χ3n) is 2.50. The number of rotatable bonds is 4. The Labute approximate surface area is 122 Å². The van der Waals surface area contributed by atoms with Gasteiger partial charge in [-0.05, 0) is 51.0 Å². The molecule has 0 fully saturated rings. The van der Waals surface area contributed by atoms with Crippen molar-refractivity contribution in [2.24, 2.45) is 5.73 Å². The number of amides is 1. The highest BCUT2D eigenvalue weighted by atomic mass is 19.3. The lowest BCUT2D eigenvalue weighted by Crippen LogP contribution is -2.31. The van der Waals surface area contributed by atoms with Gasteiger partial charge in [-0.15, -0.1) is 0 Å². The number of alkyl halides is 2. The number of hydrogen-bond acceptors (Lipinski definition) is 4. The van der Waals surface area contributed by atoms with E-state index in [1.165, 1.54) is 18.2 Å². The first-order valence-electron chi connectivity index (χ1n) is 6.44. The predicted octanol–water partition coefficient (Wildman–Crippen LogP) is 2.87. The summed E-state index contributed by atoms with van der Waals surface area (Å²) in [7, 11) is 0. The molecule has 0 radical (unpaired) electrons. The first kappa shape index (κ1) is 17.2. The highest BCUT2D eigenvalue weighted by Gasteiger charge is 2.19. The highest BCUT2D eigenvalue weighted by molar-refractivity contribution is 5.85. The maximum atomic E-state index is 12.4. The van der Waals surface area contributed by atoms with Gasteiger partial charge < -0.3 is 15.6 Å². The summed E-state index contributed by atoms with van der Waals surface area (Å²) in [6.45, 7) is 5.16. The second-order valence-electron chi connectivity index (χ2n) is 5.67. The molecule has 1 aromatic carbocycles. The fraction of sp³-hybridized carbons (Fsp3) is 0.500. The molecule has 7 heteroatoms. The summed E-state index contributed by atoms with van der Waals surface area (Å²) in [5, 5.41) is 12.1. The maximum absolute atomic E-state index is 12.4. The first-order valence-corrected chi connectivity index (χ1v) is 6.44. The van der Waals surface area contributed by atoms with Gasteiger partial charge in [-0.2, -0.15) is 0 Å². The molecule has 0 spiro atoms. The Morgan fingerprint density at radius 2 is 2.05 bits per heavy atom. The summed E-state index contributed by atoms with van der Waals surface area (Å²) in [5.74, 6) is -0.152. The average molecular weight is 302 g/mol. The van der Waals surface area contributed by atoms with Crippen molar-refractivity contribution >= 4 is 11.8 Å². The summed E-state index contributed by atoms with van der Waals surface area (Å²) in [5.41, 5.74) is 5.19. The van der Waals surface area contributed by atoms with Gasteiger partial charge in [0.1, 0.15) is 11.4 Å². The van der Waals surface area contributed by atoms with E-state index in [2.05, 4.69) is 5.32 Å². The molecule has 1 rings (SSSR count). The zero-order chi connectivity index (χ0) is 16.2. The van der Waals surface area contributed by atoms with Crippen LogP contribution < -0.4 is 11.1 Å². The quantitative estimate of drug-likeness (QED) is 0.747. The van der Waals surface area contributed by atoms with Crippen LogP contribution in [0.25, 0.3) is 0 Å². The molecule has 1 atom stereocenters. The van der Waals surface area contributed by atoms with Crippen molar-refractivity contribution in [1.82, 2.24) is 0 Å². The summed E-state index contributed by atoms with van der Waals surface area (Å²) < 4.78 is 30.0. The molecule has 118 valence electrons. The van der Waals surface area contributed by atoms with Gasteiger partial charge >= 0.3 is 6.09 Å². The fourth-order valence-electron chi connectivity index (χ4n) is 1.59. The minimum atomic E-state index is -2.69. The van der Waals surface area contributed by atoms with Crippen molar-refractivity contribution in [2.45, 2.75) is 45.3 Å². The number of anilines is 1. The normalized spacial score (nSPS) is 13.1. The second-order valence-corrected chi connectivity index (χ2v) is 5.67. The van der Waals surface area contributed by atoms with E-state index in [1.807, 2.05) is 0 Å². The molecule has 4 N–H and O–H groups in total. The third kappa shape index (κ3) is 5.95. The Balaban J connectivity index is 2.79. The number of nitrogens with one attached hydrogen (secondary N) is 1. The van der Waals surface area contributed by atoms with Crippen molar-refractivity contribution < 1.29 is 23.4 Å². The molecule has 21 heavy (non-hydrogen) atoms. The molecule has 0 bridgehead atoms. The van der Waals surface area contributed by atoms with Crippen LogP contribution in [-0.2, 0) is 11.2 Å². The third-order valence-corrected chi connectivity index (χ3v) is 2.50. The van der Waals surface area contributed by atoms with Crippen molar-refractivity contribution in [3.8, 4) is 5.75 Å². The Hall–Kier alpha value is -1.89. The molecular weight excluding hydrogens is 282 g/mol. The standard InChI is InChI=1S/C14H20F2N2O3/c1-14(2,3)21-13(20)18-9-4-5-11(19)8(6-9)7-10(17)12(15)16/h4-6,10,12,19H,7,17H2,1-3H3,(H,18,20). The summed E-state index contributed by atoms with van der Waals surface area (Å²) in [4.78, 5) is 11.6. The highest BCUT2D eigenvalue weighted by Crippen LogP contribution is 2.24. The minimum absolute atomic E-state index is 0.152. The number of phenols is 1. The maximum Gasteiger partial charge on any atom is 0.412 e. The molecule has 1 unspecified atom stereocenters. The lowest BCUT2D eigenvalue weighted by molar-refractivity contribution is 0.0636. The number of ether oxygens (including phenoxy) is 1. The monoisotopic (exact) mass is 302 g/mol. The molecule has 0 aliphatic heterocycles. The Morgan fingerprint density at radius 1 is 1.43 bits per heavy atom. The van der Waals surface area contributed by atoms with E-state index in [0.717, 1.165) is 0 Å². The molecule has 0 heterocycles. The van der Waals surface area contributed by atoms with Crippen LogP contribution >= 0.6 is 0 Å². The van der Waals surface area contributed by atoms with E-state index in [9.17, 15) is 18.7 Å². The SMILES string of the molecule is CC(C)(C)OC(=O)Nc1ccc(O)c(CC(N)C(F)F)c1. The first-order chi connectivity index (χ1) is 9.58. The summed E-state index contributed by atoms with van der Waals surface area (Å²) >= 11 is 0. The summed E-state index contributed by atoms with van der Waals surface area (Å²) in [6.07, 6.45) is -3.56. The number of nitrogens with two attached hydrogens (primary N) is 1. The second kappa shape index (κ2) is 6.71. The number of hydrogen-bond donors (Lipinski definition) is 3. The van der Waals surface area contributed by atoms with E-state index < -0.39 is 24.2 Å². The lowest BCUT2D eigenvalue weighted by Gasteiger charge is -2.20. The van der Waals surface area contributed by atoms with Gasteiger partial charge in [0, 0.05) is 5.69 Å². The lowest BCUT2D eigenvalue weighted by atomic mass is 10.0. The van der Waals surface area contributed by atoms with Crippen LogP contribution in [0.3, 0.4) is 0 Å². The predicted molar refractivity (Wildman–Crippen MR) is 75.6 cm³/mol. The zero-order valence-electron chi connectivity index (χ0n) is 12.2. The molecule has 0 aliphatic carbocycles. The number of aromatic hydroxyl groups is 1. The van der Waals surface area contributed by atoms with Gasteiger partial charge in [-0.25, -0.2) is 13.6 Å². The molecular formula is C14H20F2N2O3. The van der Waals surface area contributed by atoms with Crippen LogP contribution in [0.2, 0.25) is 0 Å². The van der Waals surface area contributed by atoms with Gasteiger partial charge in [0.05, 0.1) is 6.04 Å². The molecule has 0 aromatic heterocycles. The van der Waals surface area contributed by atoms with Crippen molar-refractivity contribution in [3.05, 3.63) is 23.8 Å². The molecule has 5 nitrogen and oxygen atoms in total. The minimum Gasteiger partial charge on any atom is -0.508 e. The number of carbonyl (C=O) groups is 1. The van der Waals surface area contributed by atoms with E-state index in [0.29, 0.717) is 5.69 Å². The fourth-order valence-corrected chi connectivity index (χ4v) is 1.59. The Kier molecular flexibility index (Phi) is 5.48. The van der Waals surface area contributed by atoms with E-state index in [4.69, 9.17) is 10.5 Å². The molecule has 0 saturated heterocycles. The van der Waals surface area contributed by atoms with Crippen molar-refractivity contribution in [3.63, 3.8) is 0 Å². The van der Waals surface area contributed by atoms with Crippen LogP contribution in [0.15, 0.2) is 18.2 Å².